The number of anilines is 2. The van der Waals surface area contributed by atoms with Crippen LogP contribution in [0.3, 0.4) is 0 Å². The molecule has 0 atom stereocenters. The molecule has 0 unspecified atom stereocenters. The predicted octanol–water partition coefficient (Wildman–Crippen LogP) is 3.94. The molecule has 11 heteroatoms. The first-order valence-electron chi connectivity index (χ1n) is 11.0. The van der Waals surface area contributed by atoms with Crippen LogP contribution in [-0.4, -0.2) is 67.7 Å². The standard InChI is InChI=1S/C21H19Cl2N5O2.C4H9NO/c1-28-4-5-29-21-19(28)6-12(8-27-21)20(25)14-7-13(2-3-18(14)24)30-11-15-16(22)9-26-10-17(15)23;1-5(2)3-4-6/h2-3,6-10,25H,4-5,11,24H2,1H3;4H,3H2,1-2H3. The van der Waals surface area contributed by atoms with Crippen molar-refractivity contribution < 1.29 is 14.3 Å². The Balaban J connectivity index is 0.000000538. The number of ether oxygens (including phenoxy) is 2. The average molecular weight is 531 g/mol. The maximum atomic E-state index is 9.57. The van der Waals surface area contributed by atoms with E-state index < -0.39 is 0 Å². The van der Waals surface area contributed by atoms with Crippen LogP contribution in [0.25, 0.3) is 0 Å². The van der Waals surface area contributed by atoms with E-state index in [-0.39, 0.29) is 12.3 Å². The van der Waals surface area contributed by atoms with Crippen molar-refractivity contribution in [1.29, 1.82) is 5.41 Å². The van der Waals surface area contributed by atoms with E-state index in [1.165, 1.54) is 12.4 Å². The number of pyridine rings is 2. The third-order valence-corrected chi connectivity index (χ3v) is 5.92. The summed E-state index contributed by atoms with van der Waals surface area (Å²) in [4.78, 5) is 21.7. The number of nitrogens with two attached hydrogens (primary N) is 1. The minimum absolute atomic E-state index is 0.166. The van der Waals surface area contributed by atoms with E-state index in [0.717, 1.165) is 18.5 Å². The van der Waals surface area contributed by atoms with Crippen LogP contribution in [0, 0.1) is 5.41 Å². The largest absolute Gasteiger partial charge is 0.489 e. The molecule has 0 amide bonds. The van der Waals surface area contributed by atoms with Gasteiger partial charge in [0.1, 0.15) is 30.9 Å². The first kappa shape index (κ1) is 27.2. The number of aromatic nitrogens is 2. The van der Waals surface area contributed by atoms with E-state index in [4.69, 9.17) is 43.8 Å². The van der Waals surface area contributed by atoms with Crippen LogP contribution < -0.4 is 20.1 Å². The summed E-state index contributed by atoms with van der Waals surface area (Å²) in [5, 5.41) is 9.53. The maximum absolute atomic E-state index is 9.57. The number of carbonyl (C=O) groups excluding carboxylic acids is 1. The van der Waals surface area contributed by atoms with E-state index in [1.807, 2.05) is 37.0 Å². The first-order valence-corrected chi connectivity index (χ1v) is 11.8. The molecule has 0 fully saturated rings. The van der Waals surface area contributed by atoms with Gasteiger partial charge in [0.15, 0.2) is 0 Å². The molecule has 1 aromatic carbocycles. The number of nitrogen functional groups attached to an aromatic ring is 1. The van der Waals surface area contributed by atoms with Gasteiger partial charge in [-0.2, -0.15) is 0 Å². The normalized spacial score (nSPS) is 12.2. The summed E-state index contributed by atoms with van der Waals surface area (Å²) in [5.74, 6) is 1.11. The van der Waals surface area contributed by atoms with Crippen molar-refractivity contribution in [3.05, 3.63) is 69.6 Å². The van der Waals surface area contributed by atoms with E-state index in [9.17, 15) is 4.79 Å². The topological polar surface area (TPSA) is 118 Å². The Hall–Kier alpha value is -3.40. The summed E-state index contributed by atoms with van der Waals surface area (Å²) in [6, 6.07) is 7.05. The summed E-state index contributed by atoms with van der Waals surface area (Å²) in [6.45, 7) is 2.04. The van der Waals surface area contributed by atoms with E-state index in [0.29, 0.717) is 57.2 Å². The zero-order valence-electron chi connectivity index (χ0n) is 20.3. The lowest BCUT2D eigenvalue weighted by Crippen LogP contribution is -2.29. The van der Waals surface area contributed by atoms with Crippen LogP contribution in [0.15, 0.2) is 42.9 Å². The van der Waals surface area contributed by atoms with Gasteiger partial charge in [-0.1, -0.05) is 23.2 Å². The summed E-state index contributed by atoms with van der Waals surface area (Å²) < 4.78 is 11.4. The van der Waals surface area contributed by atoms with Crippen molar-refractivity contribution in [3.63, 3.8) is 0 Å². The lowest BCUT2D eigenvalue weighted by atomic mass is 10.0. The Bertz CT molecular complexity index is 1220. The van der Waals surface area contributed by atoms with Crippen LogP contribution in [0.2, 0.25) is 10.0 Å². The second kappa shape index (κ2) is 12.5. The molecule has 0 saturated heterocycles. The number of hydrogen-bond acceptors (Lipinski definition) is 9. The van der Waals surface area contributed by atoms with Gasteiger partial charge in [-0.25, -0.2) is 4.98 Å². The fraction of sp³-hybridized carbons (Fsp3) is 0.280. The van der Waals surface area contributed by atoms with Crippen molar-refractivity contribution in [2.75, 3.05) is 51.5 Å². The van der Waals surface area contributed by atoms with Gasteiger partial charge in [0.2, 0.25) is 5.88 Å². The van der Waals surface area contributed by atoms with Gasteiger partial charge in [-0.15, -0.1) is 0 Å². The molecule has 0 aliphatic carbocycles. The number of nitrogens with one attached hydrogen (secondary N) is 1. The number of nitrogens with zero attached hydrogens (tertiary/aromatic N) is 4. The molecule has 0 spiro atoms. The van der Waals surface area contributed by atoms with Crippen LogP contribution in [0.5, 0.6) is 11.6 Å². The molecular formula is C25H28Cl2N6O3. The smallest absolute Gasteiger partial charge is 0.237 e. The molecule has 1 aliphatic rings. The van der Waals surface area contributed by atoms with Crippen LogP contribution in [-0.2, 0) is 11.4 Å². The second-order valence-electron chi connectivity index (χ2n) is 8.24. The molecule has 36 heavy (non-hydrogen) atoms. The molecule has 4 rings (SSSR count). The van der Waals surface area contributed by atoms with Crippen molar-refractivity contribution >= 4 is 46.6 Å². The Morgan fingerprint density at radius 3 is 2.61 bits per heavy atom. The maximum Gasteiger partial charge on any atom is 0.237 e. The molecular weight excluding hydrogens is 503 g/mol. The fourth-order valence-corrected chi connectivity index (χ4v) is 3.71. The van der Waals surface area contributed by atoms with Crippen LogP contribution in [0.1, 0.15) is 16.7 Å². The van der Waals surface area contributed by atoms with Gasteiger partial charge < -0.3 is 29.8 Å². The molecule has 9 nitrogen and oxygen atoms in total. The monoisotopic (exact) mass is 530 g/mol. The summed E-state index contributed by atoms with van der Waals surface area (Å²) >= 11 is 12.3. The van der Waals surface area contributed by atoms with Gasteiger partial charge in [-0.05, 0) is 38.4 Å². The number of fused-ring (bicyclic) bond motifs is 1. The van der Waals surface area contributed by atoms with Crippen molar-refractivity contribution in [2.45, 2.75) is 6.61 Å². The minimum atomic E-state index is 0.166. The molecule has 3 aromatic rings. The van der Waals surface area contributed by atoms with Gasteiger partial charge >= 0.3 is 0 Å². The number of rotatable bonds is 7. The van der Waals surface area contributed by atoms with Gasteiger partial charge in [0, 0.05) is 48.0 Å². The molecule has 2 aromatic heterocycles. The zero-order valence-corrected chi connectivity index (χ0v) is 21.8. The minimum Gasteiger partial charge on any atom is -0.489 e. The third-order valence-electron chi connectivity index (χ3n) is 5.27. The molecule has 0 bridgehead atoms. The molecule has 190 valence electrons. The Morgan fingerprint density at radius 2 is 1.97 bits per heavy atom. The summed E-state index contributed by atoms with van der Waals surface area (Å²) in [6.07, 6.45) is 5.52. The average Bonchev–Trinajstić information content (AvgIpc) is 2.84. The van der Waals surface area contributed by atoms with Gasteiger partial charge in [-0.3, -0.25) is 10.4 Å². The SMILES string of the molecule is CN(C)CC=O.CN1CCOc2ncc(C(=N)c3cc(OCc4c(Cl)cncc4Cl)ccc3N)cc21. The quantitative estimate of drug-likeness (QED) is 0.268. The highest BCUT2D eigenvalue weighted by atomic mass is 35.5. The van der Waals surface area contributed by atoms with E-state index in [1.54, 1.807) is 24.4 Å². The number of benzene rings is 1. The Morgan fingerprint density at radius 1 is 1.25 bits per heavy atom. The van der Waals surface area contributed by atoms with Gasteiger partial charge in [0.05, 0.1) is 28.8 Å². The van der Waals surface area contributed by atoms with Gasteiger partial charge in [0.25, 0.3) is 0 Å². The third kappa shape index (κ3) is 6.84. The van der Waals surface area contributed by atoms with Crippen molar-refractivity contribution in [2.24, 2.45) is 0 Å². The first-order chi connectivity index (χ1) is 17.2. The summed E-state index contributed by atoms with van der Waals surface area (Å²) in [5.41, 5.74) is 9.52. The lowest BCUT2D eigenvalue weighted by Gasteiger charge is -2.27. The Labute approximate surface area is 220 Å². The highest BCUT2D eigenvalue weighted by molar-refractivity contribution is 6.35. The second-order valence-corrected chi connectivity index (χ2v) is 9.06. The molecule has 0 saturated carbocycles. The summed E-state index contributed by atoms with van der Waals surface area (Å²) in [7, 11) is 5.68. The number of carbonyl (C=O) groups is 1. The number of likely N-dealkylation sites (N-methyl/N-ethyl adjacent to an activating group) is 2. The van der Waals surface area contributed by atoms with E-state index >= 15 is 0 Å². The lowest BCUT2D eigenvalue weighted by molar-refractivity contribution is -0.108. The van der Waals surface area contributed by atoms with E-state index in [2.05, 4.69) is 9.97 Å². The molecule has 1 aliphatic heterocycles. The Kier molecular flexibility index (Phi) is 9.46. The molecule has 3 heterocycles. The fourth-order valence-electron chi connectivity index (χ4n) is 3.24. The van der Waals surface area contributed by atoms with Crippen molar-refractivity contribution in [1.82, 2.24) is 14.9 Å². The molecule has 3 N–H and O–H groups in total. The highest BCUT2D eigenvalue weighted by Crippen LogP contribution is 2.31. The number of hydrogen-bond donors (Lipinski definition) is 2. The zero-order chi connectivity index (χ0) is 26.2. The predicted molar refractivity (Wildman–Crippen MR) is 143 cm³/mol. The van der Waals surface area contributed by atoms with Crippen LogP contribution in [0.4, 0.5) is 11.4 Å². The number of halogens is 2. The molecule has 0 radical (unpaired) electrons. The van der Waals surface area contributed by atoms with Crippen molar-refractivity contribution in [3.8, 4) is 11.6 Å². The highest BCUT2D eigenvalue weighted by Gasteiger charge is 2.19. The number of aldehydes is 1. The van der Waals surface area contributed by atoms with Crippen LogP contribution >= 0.6 is 23.2 Å².